The summed E-state index contributed by atoms with van der Waals surface area (Å²) >= 11 is 7.68. The van der Waals surface area contributed by atoms with Crippen LogP contribution in [-0.2, 0) is 6.54 Å². The Kier molecular flexibility index (Phi) is 3.99. The Balaban J connectivity index is 2.13. The quantitative estimate of drug-likeness (QED) is 0.863. The molecule has 18 heavy (non-hydrogen) atoms. The third-order valence-electron chi connectivity index (χ3n) is 2.47. The first kappa shape index (κ1) is 13.1. The number of halogens is 1. The molecular formula is C13H13ClN2OS. The van der Waals surface area contributed by atoms with Gasteiger partial charge in [-0.2, -0.15) is 0 Å². The van der Waals surface area contributed by atoms with Gasteiger partial charge in [-0.3, -0.25) is 4.79 Å². The topological polar surface area (TPSA) is 42.0 Å². The maximum atomic E-state index is 11.3. The zero-order valence-electron chi connectivity index (χ0n) is 10.2. The number of hydrogen-bond acceptors (Lipinski definition) is 4. The van der Waals surface area contributed by atoms with Gasteiger partial charge in [-0.05, 0) is 32.0 Å². The first-order chi connectivity index (χ1) is 8.56. The standard InChI is InChI=1S/C13H13ClN2OS/c1-8-7-18-13(16-8)6-15-12-5-10(9(2)17)3-4-11(12)14/h3-5,7,15H,6H2,1-2H3. The Labute approximate surface area is 115 Å². The number of hydrogen-bond donors (Lipinski definition) is 1. The normalized spacial score (nSPS) is 10.4. The Bertz CT molecular complexity index is 580. The summed E-state index contributed by atoms with van der Waals surface area (Å²) in [7, 11) is 0. The Morgan fingerprint density at radius 3 is 2.89 bits per heavy atom. The summed E-state index contributed by atoms with van der Waals surface area (Å²) in [5, 5.41) is 6.81. The second-order valence-electron chi connectivity index (χ2n) is 3.99. The van der Waals surface area contributed by atoms with Gasteiger partial charge in [-0.15, -0.1) is 11.3 Å². The number of rotatable bonds is 4. The van der Waals surface area contributed by atoms with Crippen molar-refractivity contribution in [2.45, 2.75) is 20.4 Å². The molecule has 0 saturated carbocycles. The zero-order valence-corrected chi connectivity index (χ0v) is 11.7. The number of ketones is 1. The van der Waals surface area contributed by atoms with Crippen molar-refractivity contribution in [3.05, 3.63) is 44.9 Å². The lowest BCUT2D eigenvalue weighted by atomic mass is 10.1. The van der Waals surface area contributed by atoms with Gasteiger partial charge in [0.25, 0.3) is 0 Å². The number of thiazole rings is 1. The highest BCUT2D eigenvalue weighted by atomic mass is 35.5. The second kappa shape index (κ2) is 5.50. The second-order valence-corrected chi connectivity index (χ2v) is 5.34. The molecular weight excluding hydrogens is 268 g/mol. The summed E-state index contributed by atoms with van der Waals surface area (Å²) in [6.45, 7) is 4.11. The van der Waals surface area contributed by atoms with E-state index in [1.807, 2.05) is 12.3 Å². The van der Waals surface area contributed by atoms with Gasteiger partial charge in [0.1, 0.15) is 5.01 Å². The van der Waals surface area contributed by atoms with Crippen molar-refractivity contribution >= 4 is 34.4 Å². The molecule has 5 heteroatoms. The van der Waals surface area contributed by atoms with Crippen LogP contribution >= 0.6 is 22.9 Å². The van der Waals surface area contributed by atoms with Crippen molar-refractivity contribution in [1.29, 1.82) is 0 Å². The number of nitrogens with zero attached hydrogens (tertiary/aromatic N) is 1. The van der Waals surface area contributed by atoms with E-state index in [-0.39, 0.29) is 5.78 Å². The van der Waals surface area contributed by atoms with Gasteiger partial charge in [0.2, 0.25) is 0 Å². The molecule has 0 amide bonds. The molecule has 0 spiro atoms. The van der Waals surface area contributed by atoms with E-state index in [0.717, 1.165) is 16.4 Å². The smallest absolute Gasteiger partial charge is 0.159 e. The van der Waals surface area contributed by atoms with Crippen molar-refractivity contribution in [3.63, 3.8) is 0 Å². The zero-order chi connectivity index (χ0) is 13.1. The van der Waals surface area contributed by atoms with Crippen LogP contribution in [0.25, 0.3) is 0 Å². The number of Topliss-reactive ketones (excluding diaryl/α,β-unsaturated/α-hetero) is 1. The molecule has 0 aliphatic rings. The molecule has 0 aliphatic carbocycles. The van der Waals surface area contributed by atoms with Gasteiger partial charge in [0.05, 0.1) is 17.3 Å². The first-order valence-electron chi connectivity index (χ1n) is 5.51. The fourth-order valence-corrected chi connectivity index (χ4v) is 2.43. The number of benzene rings is 1. The van der Waals surface area contributed by atoms with E-state index in [9.17, 15) is 4.79 Å². The molecule has 0 radical (unpaired) electrons. The molecule has 1 aromatic heterocycles. The van der Waals surface area contributed by atoms with Crippen molar-refractivity contribution in [1.82, 2.24) is 4.98 Å². The van der Waals surface area contributed by atoms with Gasteiger partial charge in [-0.25, -0.2) is 4.98 Å². The molecule has 1 heterocycles. The molecule has 1 N–H and O–H groups in total. The SMILES string of the molecule is CC(=O)c1ccc(Cl)c(NCc2nc(C)cs2)c1. The van der Waals surface area contributed by atoms with Crippen molar-refractivity contribution in [2.75, 3.05) is 5.32 Å². The molecule has 0 bridgehead atoms. The Morgan fingerprint density at radius 2 is 2.28 bits per heavy atom. The number of carbonyl (C=O) groups is 1. The highest BCUT2D eigenvalue weighted by molar-refractivity contribution is 7.09. The minimum atomic E-state index is 0.0276. The van der Waals surface area contributed by atoms with Gasteiger partial charge < -0.3 is 5.32 Å². The van der Waals surface area contributed by atoms with Gasteiger partial charge in [0.15, 0.2) is 5.78 Å². The fraction of sp³-hybridized carbons (Fsp3) is 0.231. The van der Waals surface area contributed by atoms with E-state index in [1.54, 1.807) is 29.5 Å². The van der Waals surface area contributed by atoms with Crippen molar-refractivity contribution in [3.8, 4) is 0 Å². The molecule has 0 aliphatic heterocycles. The van der Waals surface area contributed by atoms with E-state index in [4.69, 9.17) is 11.6 Å². The van der Waals surface area contributed by atoms with Crippen LogP contribution in [-0.4, -0.2) is 10.8 Å². The van der Waals surface area contributed by atoms with Crippen LogP contribution in [0.5, 0.6) is 0 Å². The molecule has 0 saturated heterocycles. The van der Waals surface area contributed by atoms with Gasteiger partial charge >= 0.3 is 0 Å². The summed E-state index contributed by atoms with van der Waals surface area (Å²) in [4.78, 5) is 15.7. The predicted molar refractivity (Wildman–Crippen MR) is 75.6 cm³/mol. The van der Waals surface area contributed by atoms with Crippen LogP contribution in [0.15, 0.2) is 23.6 Å². The van der Waals surface area contributed by atoms with Crippen LogP contribution in [0.1, 0.15) is 28.0 Å². The summed E-state index contributed by atoms with van der Waals surface area (Å²) in [5.74, 6) is 0.0276. The van der Waals surface area contributed by atoms with Crippen molar-refractivity contribution < 1.29 is 4.79 Å². The third-order valence-corrected chi connectivity index (χ3v) is 3.77. The monoisotopic (exact) mass is 280 g/mol. The molecule has 0 unspecified atom stereocenters. The Hall–Kier alpha value is -1.39. The van der Waals surface area contributed by atoms with Gasteiger partial charge in [0, 0.05) is 16.6 Å². The van der Waals surface area contributed by atoms with Crippen LogP contribution in [0, 0.1) is 6.92 Å². The fourth-order valence-electron chi connectivity index (χ4n) is 1.53. The third kappa shape index (κ3) is 3.09. The molecule has 2 rings (SSSR count). The highest BCUT2D eigenvalue weighted by Gasteiger charge is 2.06. The molecule has 3 nitrogen and oxygen atoms in total. The maximum Gasteiger partial charge on any atom is 0.159 e. The summed E-state index contributed by atoms with van der Waals surface area (Å²) in [6, 6.07) is 5.22. The lowest BCUT2D eigenvalue weighted by Crippen LogP contribution is -2.01. The van der Waals surface area contributed by atoms with Crippen LogP contribution in [0.4, 0.5) is 5.69 Å². The number of carbonyl (C=O) groups excluding carboxylic acids is 1. The largest absolute Gasteiger partial charge is 0.377 e. The minimum Gasteiger partial charge on any atom is -0.377 e. The average Bonchev–Trinajstić information content (AvgIpc) is 2.74. The minimum absolute atomic E-state index is 0.0276. The number of aromatic nitrogens is 1. The van der Waals surface area contributed by atoms with Crippen LogP contribution < -0.4 is 5.32 Å². The molecule has 1 aromatic carbocycles. The lowest BCUT2D eigenvalue weighted by molar-refractivity contribution is 0.101. The lowest BCUT2D eigenvalue weighted by Gasteiger charge is -2.08. The summed E-state index contributed by atoms with van der Waals surface area (Å²) in [5.41, 5.74) is 2.43. The Morgan fingerprint density at radius 1 is 1.50 bits per heavy atom. The maximum absolute atomic E-state index is 11.3. The molecule has 2 aromatic rings. The molecule has 0 atom stereocenters. The summed E-state index contributed by atoms with van der Waals surface area (Å²) < 4.78 is 0. The molecule has 0 fully saturated rings. The van der Waals surface area contributed by atoms with E-state index in [2.05, 4.69) is 10.3 Å². The van der Waals surface area contributed by atoms with E-state index < -0.39 is 0 Å². The van der Waals surface area contributed by atoms with E-state index >= 15 is 0 Å². The average molecular weight is 281 g/mol. The van der Waals surface area contributed by atoms with Crippen molar-refractivity contribution in [2.24, 2.45) is 0 Å². The first-order valence-corrected chi connectivity index (χ1v) is 6.77. The van der Waals surface area contributed by atoms with E-state index in [1.165, 1.54) is 6.92 Å². The number of anilines is 1. The molecule has 94 valence electrons. The van der Waals surface area contributed by atoms with Crippen LogP contribution in [0.2, 0.25) is 5.02 Å². The highest BCUT2D eigenvalue weighted by Crippen LogP contribution is 2.24. The number of aryl methyl sites for hydroxylation is 1. The van der Waals surface area contributed by atoms with E-state index in [0.29, 0.717) is 17.1 Å². The summed E-state index contributed by atoms with van der Waals surface area (Å²) in [6.07, 6.45) is 0. The van der Waals surface area contributed by atoms with Gasteiger partial charge in [-0.1, -0.05) is 11.6 Å². The number of nitrogens with one attached hydrogen (secondary N) is 1. The van der Waals surface area contributed by atoms with Crippen LogP contribution in [0.3, 0.4) is 0 Å². The predicted octanol–water partition coefficient (Wildman–Crippen LogP) is 3.92.